The third-order valence-corrected chi connectivity index (χ3v) is 11.5. The van der Waals surface area contributed by atoms with Crippen LogP contribution in [0.5, 0.6) is 0 Å². The van der Waals surface area contributed by atoms with Crippen molar-refractivity contribution in [2.75, 3.05) is 4.90 Å². The third-order valence-electron chi connectivity index (χ3n) is 8.38. The molecule has 7 rings (SSSR count). The third kappa shape index (κ3) is 3.39. The number of aromatic nitrogens is 1. The molecule has 11 heteroatoms. The number of alkyl halides is 3. The van der Waals surface area contributed by atoms with Crippen LogP contribution in [0.4, 0.5) is 18.9 Å². The lowest BCUT2D eigenvalue weighted by atomic mass is 9.68. The van der Waals surface area contributed by atoms with E-state index in [0.29, 0.717) is 0 Å². The van der Waals surface area contributed by atoms with E-state index in [4.69, 9.17) is 0 Å². The maximum absolute atomic E-state index is 13.7. The lowest BCUT2D eigenvalue weighted by molar-refractivity contribution is -0.137. The Morgan fingerprint density at radius 2 is 1.68 bits per heavy atom. The Bertz CT molecular complexity index is 1520. The van der Waals surface area contributed by atoms with Crippen LogP contribution in [0.25, 0.3) is 0 Å². The highest BCUT2D eigenvalue weighted by atomic mass is 79.9. The molecule has 0 radical (unpaired) electrons. The molecule has 4 aliphatic rings. The van der Waals surface area contributed by atoms with Gasteiger partial charge in [-0.1, -0.05) is 45.5 Å². The number of aromatic amines is 1. The smallest absolute Gasteiger partial charge is 0.307 e. The topological polar surface area (TPSA) is 70.2 Å². The first-order chi connectivity index (χ1) is 17.6. The molecule has 2 aromatic carbocycles. The highest BCUT2D eigenvalue weighted by molar-refractivity contribution is 9.10. The molecule has 1 N–H and O–H groups in total. The number of halogens is 4. The first kappa shape index (κ1) is 23.7. The quantitative estimate of drug-likeness (QED) is 0.369. The van der Waals surface area contributed by atoms with Crippen molar-refractivity contribution < 1.29 is 22.8 Å². The fourth-order valence-electron chi connectivity index (χ4n) is 7.14. The molecule has 190 valence electrons. The zero-order chi connectivity index (χ0) is 25.8. The van der Waals surface area contributed by atoms with Crippen LogP contribution in [-0.4, -0.2) is 22.0 Å². The second-order valence-electron chi connectivity index (χ2n) is 10.1. The van der Waals surface area contributed by atoms with Crippen molar-refractivity contribution in [1.29, 1.82) is 0 Å². The maximum Gasteiger partial charge on any atom is 0.416 e. The first-order valence-electron chi connectivity index (χ1n) is 11.8. The Balaban J connectivity index is 1.30. The molecular formula is C26H18BrF3N2O3S2. The van der Waals surface area contributed by atoms with Crippen molar-refractivity contribution in [2.24, 2.45) is 29.6 Å². The first-order valence-corrected chi connectivity index (χ1v) is 14.3. The van der Waals surface area contributed by atoms with Crippen molar-refractivity contribution in [3.05, 3.63) is 78.7 Å². The summed E-state index contributed by atoms with van der Waals surface area (Å²) in [6, 6.07) is 12.4. The highest BCUT2D eigenvalue weighted by Gasteiger charge is 2.69. The summed E-state index contributed by atoms with van der Waals surface area (Å²) in [5.74, 6) is -2.19. The predicted octanol–water partition coefficient (Wildman–Crippen LogP) is 5.90. The van der Waals surface area contributed by atoms with Gasteiger partial charge in [-0.25, -0.2) is 0 Å². The van der Waals surface area contributed by atoms with Gasteiger partial charge in [0, 0.05) is 20.5 Å². The molecule has 2 saturated carbocycles. The van der Waals surface area contributed by atoms with Crippen molar-refractivity contribution in [1.82, 2.24) is 4.98 Å². The number of benzene rings is 2. The Morgan fingerprint density at radius 3 is 2.38 bits per heavy atom. The molecule has 2 aliphatic carbocycles. The minimum Gasteiger partial charge on any atom is -0.307 e. The summed E-state index contributed by atoms with van der Waals surface area (Å²) in [4.78, 5) is 44.4. The van der Waals surface area contributed by atoms with Crippen molar-refractivity contribution >= 4 is 56.5 Å². The number of hydrogen-bond acceptors (Lipinski definition) is 5. The Morgan fingerprint density at radius 1 is 0.973 bits per heavy atom. The number of fused-ring (bicyclic) bond motifs is 9. The van der Waals surface area contributed by atoms with E-state index in [1.54, 1.807) is 11.8 Å². The second kappa shape index (κ2) is 8.07. The van der Waals surface area contributed by atoms with Gasteiger partial charge in [-0.15, -0.1) is 11.8 Å². The number of carbonyl (C=O) groups excluding carboxylic acids is 2. The molecule has 3 aromatic rings. The summed E-state index contributed by atoms with van der Waals surface area (Å²) in [6.07, 6.45) is -3.85. The summed E-state index contributed by atoms with van der Waals surface area (Å²) in [5, 5.41) is 0.843. The lowest BCUT2D eigenvalue weighted by Gasteiger charge is -2.43. The number of anilines is 1. The number of nitrogens with one attached hydrogen (secondary N) is 1. The predicted molar refractivity (Wildman–Crippen MR) is 137 cm³/mol. The van der Waals surface area contributed by atoms with Crippen LogP contribution in [0.2, 0.25) is 0 Å². The fourth-order valence-corrected chi connectivity index (χ4v) is 10.3. The normalized spacial score (nSPS) is 32.0. The standard InChI is InChI=1S/C26H18BrF3N2O3S2/c27-12-6-4-10(5-7-12)16-17-14-9-15(20(17)36-22-21(16)37-25(35)31-22)19-18(14)23(33)32(24(19)34)13-3-1-2-11(8-13)26(28,29)30/h1-8,14-20H,9H2,(H,31,35). The zero-order valence-electron chi connectivity index (χ0n) is 18.9. The van der Waals surface area contributed by atoms with E-state index >= 15 is 0 Å². The van der Waals surface area contributed by atoms with Gasteiger partial charge in [-0.2, -0.15) is 13.2 Å². The van der Waals surface area contributed by atoms with E-state index in [0.717, 1.165) is 43.4 Å². The number of amides is 2. The van der Waals surface area contributed by atoms with Crippen LogP contribution in [-0.2, 0) is 15.8 Å². The minimum absolute atomic E-state index is 0.0239. The molecule has 3 fully saturated rings. The average molecular weight is 607 g/mol. The van der Waals surface area contributed by atoms with E-state index in [1.165, 1.54) is 23.5 Å². The number of imide groups is 1. The van der Waals surface area contributed by atoms with Gasteiger partial charge >= 0.3 is 11.0 Å². The van der Waals surface area contributed by atoms with Gasteiger partial charge in [-0.05, 0) is 60.1 Å². The van der Waals surface area contributed by atoms with Crippen molar-refractivity contribution in [3.63, 3.8) is 0 Å². The molecule has 2 amide bonds. The highest BCUT2D eigenvalue weighted by Crippen LogP contribution is 2.68. The van der Waals surface area contributed by atoms with Crippen LogP contribution in [0, 0.1) is 29.6 Å². The minimum atomic E-state index is -4.57. The van der Waals surface area contributed by atoms with E-state index in [2.05, 4.69) is 20.9 Å². The molecule has 7 atom stereocenters. The summed E-state index contributed by atoms with van der Waals surface area (Å²) >= 11 is 6.25. The van der Waals surface area contributed by atoms with Crippen LogP contribution in [0.15, 0.2) is 62.8 Å². The Hall–Kier alpha value is -2.37. The number of nitrogens with zero attached hydrogens (tertiary/aromatic N) is 1. The molecule has 2 aliphatic heterocycles. The van der Waals surface area contributed by atoms with Crippen molar-refractivity contribution in [3.8, 4) is 0 Å². The van der Waals surface area contributed by atoms with Gasteiger partial charge < -0.3 is 4.98 Å². The lowest BCUT2D eigenvalue weighted by Crippen LogP contribution is -2.42. The van der Waals surface area contributed by atoms with Crippen LogP contribution < -0.4 is 9.77 Å². The monoisotopic (exact) mass is 606 g/mol. The average Bonchev–Trinajstić information content (AvgIpc) is 3.58. The molecular weight excluding hydrogens is 589 g/mol. The zero-order valence-corrected chi connectivity index (χ0v) is 22.1. The fraction of sp³-hybridized carbons (Fsp3) is 0.346. The SMILES string of the molecule is O=C1C2C3CC(C2C(=O)N1c1cccc(C(F)(F)F)c1)C1C(c2ccc(Br)cc2)c2sc(=O)[nH]c2SC31. The van der Waals surface area contributed by atoms with Crippen LogP contribution in [0.3, 0.4) is 0 Å². The van der Waals surface area contributed by atoms with E-state index < -0.39 is 35.4 Å². The summed E-state index contributed by atoms with van der Waals surface area (Å²) in [6.45, 7) is 0. The number of thiazole rings is 1. The Labute approximate surface area is 225 Å². The van der Waals surface area contributed by atoms with Gasteiger partial charge in [-0.3, -0.25) is 19.3 Å². The van der Waals surface area contributed by atoms with Gasteiger partial charge in [0.2, 0.25) is 11.8 Å². The number of thioether (sulfide) groups is 1. The largest absolute Gasteiger partial charge is 0.416 e. The summed E-state index contributed by atoms with van der Waals surface area (Å²) in [5.41, 5.74) is 0.131. The molecule has 5 nitrogen and oxygen atoms in total. The van der Waals surface area contributed by atoms with Gasteiger partial charge in [0.25, 0.3) is 0 Å². The number of rotatable bonds is 2. The summed E-state index contributed by atoms with van der Waals surface area (Å²) in [7, 11) is 0. The van der Waals surface area contributed by atoms with Crippen LogP contribution in [0.1, 0.15) is 28.3 Å². The molecule has 1 saturated heterocycles. The number of hydrogen-bond donors (Lipinski definition) is 1. The van der Waals surface area contributed by atoms with E-state index in [1.807, 2.05) is 24.3 Å². The van der Waals surface area contributed by atoms with Crippen LogP contribution >= 0.6 is 39.0 Å². The number of carbonyl (C=O) groups is 2. The Kier molecular flexibility index (Phi) is 5.17. The molecule has 2 bridgehead atoms. The van der Waals surface area contributed by atoms with E-state index in [-0.39, 0.29) is 39.5 Å². The second-order valence-corrected chi connectivity index (χ2v) is 13.2. The van der Waals surface area contributed by atoms with Gasteiger partial charge in [0.1, 0.15) is 0 Å². The van der Waals surface area contributed by atoms with Crippen molar-refractivity contribution in [2.45, 2.75) is 28.8 Å². The molecule has 7 unspecified atom stereocenters. The summed E-state index contributed by atoms with van der Waals surface area (Å²) < 4.78 is 41.0. The molecule has 0 spiro atoms. The van der Waals surface area contributed by atoms with Gasteiger partial charge in [0.05, 0.1) is 28.1 Å². The molecule has 37 heavy (non-hydrogen) atoms. The van der Waals surface area contributed by atoms with E-state index in [9.17, 15) is 27.6 Å². The number of H-pyrrole nitrogens is 1. The van der Waals surface area contributed by atoms with Gasteiger partial charge in [0.15, 0.2) is 0 Å². The molecule has 3 heterocycles. The molecule has 1 aromatic heterocycles. The maximum atomic E-state index is 13.7.